The fourth-order valence-corrected chi connectivity index (χ4v) is 4.08. The van der Waals surface area contributed by atoms with Crippen LogP contribution in [0.5, 0.6) is 0 Å². The van der Waals surface area contributed by atoms with Crippen molar-refractivity contribution >= 4 is 5.82 Å². The van der Waals surface area contributed by atoms with Crippen molar-refractivity contribution in [1.29, 1.82) is 0 Å². The van der Waals surface area contributed by atoms with Crippen LogP contribution in [0.1, 0.15) is 31.4 Å². The third-order valence-corrected chi connectivity index (χ3v) is 5.42. The largest absolute Gasteiger partial charge is 0.395 e. The normalized spacial score (nSPS) is 24.3. The van der Waals surface area contributed by atoms with Gasteiger partial charge in [0.05, 0.1) is 12.3 Å². The second-order valence-electron chi connectivity index (χ2n) is 7.11. The van der Waals surface area contributed by atoms with Crippen LogP contribution in [0.3, 0.4) is 0 Å². The van der Waals surface area contributed by atoms with Crippen LogP contribution in [0.4, 0.5) is 5.82 Å². The van der Waals surface area contributed by atoms with E-state index in [0.29, 0.717) is 12.1 Å². The molecule has 0 radical (unpaired) electrons. The highest BCUT2D eigenvalue weighted by Crippen LogP contribution is 2.27. The number of aromatic nitrogens is 4. The molecular weight excluding hydrogens is 316 g/mol. The number of aliphatic hydroxyl groups is 1. The molecule has 0 saturated carbocycles. The van der Waals surface area contributed by atoms with Gasteiger partial charge in [-0.25, -0.2) is 4.68 Å². The highest BCUT2D eigenvalue weighted by atomic mass is 16.3. The molecule has 2 unspecified atom stereocenters. The van der Waals surface area contributed by atoms with Crippen LogP contribution in [0.25, 0.3) is 5.82 Å². The van der Waals surface area contributed by atoms with Gasteiger partial charge < -0.3 is 10.0 Å². The summed E-state index contributed by atoms with van der Waals surface area (Å²) in [4.78, 5) is 4.81. The summed E-state index contributed by atoms with van der Waals surface area (Å²) in [5.74, 6) is 1.68. The first-order chi connectivity index (χ1) is 12.2. The highest BCUT2D eigenvalue weighted by Gasteiger charge is 2.32. The quantitative estimate of drug-likeness (QED) is 0.886. The minimum absolute atomic E-state index is 0.268. The van der Waals surface area contributed by atoms with Gasteiger partial charge in [0, 0.05) is 31.4 Å². The molecular formula is C18H26N6O. The summed E-state index contributed by atoms with van der Waals surface area (Å²) in [5.41, 5.74) is 0.967. The van der Waals surface area contributed by atoms with E-state index in [0.717, 1.165) is 43.4 Å². The molecule has 2 aliphatic rings. The molecule has 0 aliphatic carbocycles. The molecule has 2 saturated heterocycles. The van der Waals surface area contributed by atoms with Crippen molar-refractivity contribution in [2.24, 2.45) is 0 Å². The van der Waals surface area contributed by atoms with Crippen LogP contribution < -0.4 is 4.90 Å². The highest BCUT2D eigenvalue weighted by molar-refractivity contribution is 5.42. The van der Waals surface area contributed by atoms with Gasteiger partial charge in [-0.1, -0.05) is 0 Å². The maximum absolute atomic E-state index is 9.55. The summed E-state index contributed by atoms with van der Waals surface area (Å²) >= 11 is 0. The molecule has 4 heterocycles. The lowest BCUT2D eigenvalue weighted by Crippen LogP contribution is -2.43. The Kier molecular flexibility index (Phi) is 4.67. The minimum Gasteiger partial charge on any atom is -0.395 e. The second-order valence-corrected chi connectivity index (χ2v) is 7.11. The van der Waals surface area contributed by atoms with Gasteiger partial charge in [-0.05, 0) is 57.4 Å². The average molecular weight is 342 g/mol. The standard InChI is InChI=1S/C18H26N6O/c1-14-8-11-24(21-14)18-7-6-17(19-20-18)23-10-3-4-15(23)12-22-9-2-5-16(22)13-25/h6-8,11,15-16,25H,2-5,9-10,12-13H2,1H3. The van der Waals surface area contributed by atoms with Crippen molar-refractivity contribution in [3.63, 3.8) is 0 Å². The molecule has 0 aromatic carbocycles. The van der Waals surface area contributed by atoms with Gasteiger partial charge in [0.1, 0.15) is 0 Å². The zero-order valence-corrected chi connectivity index (χ0v) is 14.8. The van der Waals surface area contributed by atoms with Crippen LogP contribution in [0.15, 0.2) is 24.4 Å². The van der Waals surface area contributed by atoms with Crippen LogP contribution >= 0.6 is 0 Å². The molecule has 1 N–H and O–H groups in total. The molecule has 25 heavy (non-hydrogen) atoms. The smallest absolute Gasteiger partial charge is 0.175 e. The minimum atomic E-state index is 0.268. The SMILES string of the molecule is Cc1ccn(-c2ccc(N3CCCC3CN3CCCC3CO)nn2)n1. The Morgan fingerprint density at radius 3 is 2.52 bits per heavy atom. The van der Waals surface area contributed by atoms with E-state index in [1.165, 1.54) is 19.3 Å². The number of likely N-dealkylation sites (tertiary alicyclic amines) is 1. The topological polar surface area (TPSA) is 70.3 Å². The van der Waals surface area contributed by atoms with Gasteiger partial charge in [0.25, 0.3) is 0 Å². The van der Waals surface area contributed by atoms with Crippen molar-refractivity contribution in [1.82, 2.24) is 24.9 Å². The third-order valence-electron chi connectivity index (χ3n) is 5.42. The fraction of sp³-hybridized carbons (Fsp3) is 0.611. The molecule has 2 aromatic rings. The Balaban J connectivity index is 1.46. The molecule has 0 amide bonds. The van der Waals surface area contributed by atoms with Crippen molar-refractivity contribution < 1.29 is 5.11 Å². The fourth-order valence-electron chi connectivity index (χ4n) is 4.08. The van der Waals surface area contributed by atoms with Gasteiger partial charge in [-0.15, -0.1) is 10.2 Å². The van der Waals surface area contributed by atoms with E-state index in [4.69, 9.17) is 0 Å². The predicted molar refractivity (Wildman–Crippen MR) is 95.9 cm³/mol. The van der Waals surface area contributed by atoms with E-state index >= 15 is 0 Å². The summed E-state index contributed by atoms with van der Waals surface area (Å²) in [6, 6.07) is 6.78. The molecule has 0 spiro atoms. The lowest BCUT2D eigenvalue weighted by atomic mass is 10.2. The molecule has 4 rings (SSSR count). The lowest BCUT2D eigenvalue weighted by Gasteiger charge is -2.31. The molecule has 7 nitrogen and oxygen atoms in total. The van der Waals surface area contributed by atoms with Crippen molar-refractivity contribution in [2.75, 3.05) is 31.1 Å². The second kappa shape index (κ2) is 7.09. The number of nitrogens with zero attached hydrogens (tertiary/aromatic N) is 6. The van der Waals surface area contributed by atoms with Gasteiger partial charge >= 0.3 is 0 Å². The molecule has 2 atom stereocenters. The van der Waals surface area contributed by atoms with Crippen molar-refractivity contribution in [3.8, 4) is 5.82 Å². The van der Waals surface area contributed by atoms with Gasteiger partial charge in [0.15, 0.2) is 11.6 Å². The number of hydrogen-bond donors (Lipinski definition) is 1. The Morgan fingerprint density at radius 2 is 1.80 bits per heavy atom. The number of anilines is 1. The summed E-state index contributed by atoms with van der Waals surface area (Å²) in [7, 11) is 0. The molecule has 134 valence electrons. The Morgan fingerprint density at radius 1 is 1.04 bits per heavy atom. The Hall–Kier alpha value is -1.99. The first kappa shape index (κ1) is 16.5. The van der Waals surface area contributed by atoms with Crippen LogP contribution in [-0.4, -0.2) is 68.3 Å². The summed E-state index contributed by atoms with van der Waals surface area (Å²) in [6.45, 7) is 5.36. The van der Waals surface area contributed by atoms with E-state index < -0.39 is 0 Å². The average Bonchev–Trinajstić information content (AvgIpc) is 3.36. The first-order valence-corrected chi connectivity index (χ1v) is 9.22. The van der Waals surface area contributed by atoms with Gasteiger partial charge in [-0.3, -0.25) is 4.90 Å². The van der Waals surface area contributed by atoms with Crippen LogP contribution in [-0.2, 0) is 0 Å². The molecule has 2 aromatic heterocycles. The summed E-state index contributed by atoms with van der Waals surface area (Å²) < 4.78 is 1.75. The van der Waals surface area contributed by atoms with E-state index in [9.17, 15) is 5.11 Å². The number of aliphatic hydroxyl groups excluding tert-OH is 1. The maximum Gasteiger partial charge on any atom is 0.175 e. The van der Waals surface area contributed by atoms with Gasteiger partial charge in [0.2, 0.25) is 0 Å². The third kappa shape index (κ3) is 3.39. The van der Waals surface area contributed by atoms with E-state index in [2.05, 4.69) is 25.1 Å². The number of hydrogen-bond acceptors (Lipinski definition) is 6. The van der Waals surface area contributed by atoms with E-state index in [1.807, 2.05) is 31.3 Å². The molecule has 2 fully saturated rings. The Bertz CT molecular complexity index is 700. The van der Waals surface area contributed by atoms with Crippen molar-refractivity contribution in [3.05, 3.63) is 30.1 Å². The molecule has 7 heteroatoms. The van der Waals surface area contributed by atoms with Crippen LogP contribution in [0.2, 0.25) is 0 Å². The molecule has 0 bridgehead atoms. The van der Waals surface area contributed by atoms with Gasteiger partial charge in [-0.2, -0.15) is 5.10 Å². The molecule has 2 aliphatic heterocycles. The first-order valence-electron chi connectivity index (χ1n) is 9.22. The maximum atomic E-state index is 9.55. The monoisotopic (exact) mass is 342 g/mol. The predicted octanol–water partition coefficient (Wildman–Crippen LogP) is 1.40. The summed E-state index contributed by atoms with van der Waals surface area (Å²) in [5, 5.41) is 22.7. The van der Waals surface area contributed by atoms with E-state index in [1.54, 1.807) is 4.68 Å². The number of rotatable bonds is 5. The summed E-state index contributed by atoms with van der Waals surface area (Å²) in [6.07, 6.45) is 6.57. The zero-order chi connectivity index (χ0) is 17.2. The van der Waals surface area contributed by atoms with E-state index in [-0.39, 0.29) is 6.61 Å². The Labute approximate surface area is 148 Å². The number of aryl methyl sites for hydroxylation is 1. The van der Waals surface area contributed by atoms with Crippen LogP contribution in [0, 0.1) is 6.92 Å². The van der Waals surface area contributed by atoms with Crippen molar-refractivity contribution in [2.45, 2.75) is 44.7 Å². The lowest BCUT2D eigenvalue weighted by molar-refractivity contribution is 0.153. The zero-order valence-electron chi connectivity index (χ0n) is 14.8.